The van der Waals surface area contributed by atoms with Crippen LogP contribution in [0.2, 0.25) is 0 Å². The van der Waals surface area contributed by atoms with Gasteiger partial charge >= 0.3 is 0 Å². The molecule has 164 valence electrons. The highest BCUT2D eigenvalue weighted by atomic mass is 16.7. The Morgan fingerprint density at radius 1 is 1.22 bits per heavy atom. The van der Waals surface area contributed by atoms with Crippen molar-refractivity contribution in [3.05, 3.63) is 71.9 Å². The standard InChI is InChI=1S/C25H25N3O4/c1-3-11-26-25(30)19-13-17-16-7-5-6-8-18(16)27-23(17)24(28(19)22(29)4-2)15-9-10-20-21(12-15)32-14-31-20/h4-10,12,19,24,27H,2-3,11,13-14H2,1H3,(H,26,30)/t19-,24-/m0/s1. The van der Waals surface area contributed by atoms with Gasteiger partial charge in [-0.3, -0.25) is 9.59 Å². The number of aromatic amines is 1. The van der Waals surface area contributed by atoms with Crippen LogP contribution in [0.15, 0.2) is 55.1 Å². The van der Waals surface area contributed by atoms with Crippen LogP contribution in [0.3, 0.4) is 0 Å². The van der Waals surface area contributed by atoms with Crippen molar-refractivity contribution in [1.82, 2.24) is 15.2 Å². The maximum atomic E-state index is 13.2. The number of nitrogens with one attached hydrogen (secondary N) is 2. The molecule has 3 heterocycles. The van der Waals surface area contributed by atoms with Crippen molar-refractivity contribution in [1.29, 1.82) is 0 Å². The van der Waals surface area contributed by atoms with Gasteiger partial charge in [0.2, 0.25) is 18.6 Å². The zero-order chi connectivity index (χ0) is 22.2. The van der Waals surface area contributed by atoms with Crippen molar-refractivity contribution >= 4 is 22.7 Å². The summed E-state index contributed by atoms with van der Waals surface area (Å²) < 4.78 is 11.1. The number of H-pyrrole nitrogens is 1. The molecule has 0 bridgehead atoms. The number of fused-ring (bicyclic) bond motifs is 4. The van der Waals surface area contributed by atoms with E-state index < -0.39 is 12.1 Å². The van der Waals surface area contributed by atoms with Crippen molar-refractivity contribution < 1.29 is 19.1 Å². The molecule has 0 unspecified atom stereocenters. The fourth-order valence-corrected chi connectivity index (χ4v) is 4.67. The molecule has 2 aliphatic heterocycles. The van der Waals surface area contributed by atoms with Crippen LogP contribution in [0.25, 0.3) is 10.9 Å². The van der Waals surface area contributed by atoms with Crippen molar-refractivity contribution in [2.75, 3.05) is 13.3 Å². The van der Waals surface area contributed by atoms with Crippen LogP contribution in [0, 0.1) is 0 Å². The largest absolute Gasteiger partial charge is 0.454 e. The number of benzene rings is 2. The number of nitrogens with zero attached hydrogens (tertiary/aromatic N) is 1. The summed E-state index contributed by atoms with van der Waals surface area (Å²) in [6.45, 7) is 6.42. The Labute approximate surface area is 186 Å². The van der Waals surface area contributed by atoms with Gasteiger partial charge in [-0.05, 0) is 41.8 Å². The van der Waals surface area contributed by atoms with E-state index in [4.69, 9.17) is 9.47 Å². The minimum atomic E-state index is -0.658. The first-order valence-electron chi connectivity index (χ1n) is 10.8. The topological polar surface area (TPSA) is 83.7 Å². The fourth-order valence-electron chi connectivity index (χ4n) is 4.67. The third-order valence-corrected chi connectivity index (χ3v) is 6.12. The van der Waals surface area contributed by atoms with Crippen LogP contribution >= 0.6 is 0 Å². The molecule has 5 rings (SSSR count). The zero-order valence-electron chi connectivity index (χ0n) is 17.9. The molecular formula is C25H25N3O4. The Bertz CT molecular complexity index is 1220. The predicted octanol–water partition coefficient (Wildman–Crippen LogP) is 3.45. The van der Waals surface area contributed by atoms with E-state index in [1.807, 2.05) is 49.4 Å². The summed E-state index contributed by atoms with van der Waals surface area (Å²) in [5, 5.41) is 4.04. The molecule has 0 radical (unpaired) electrons. The van der Waals surface area contributed by atoms with Crippen molar-refractivity contribution in [2.24, 2.45) is 0 Å². The van der Waals surface area contributed by atoms with E-state index >= 15 is 0 Å². The Kier molecular flexibility index (Phi) is 5.09. The van der Waals surface area contributed by atoms with E-state index in [0.29, 0.717) is 24.5 Å². The van der Waals surface area contributed by atoms with Gasteiger partial charge in [0.25, 0.3) is 0 Å². The molecule has 0 fully saturated rings. The highest BCUT2D eigenvalue weighted by Crippen LogP contribution is 2.43. The minimum absolute atomic E-state index is 0.163. The number of rotatable bonds is 5. The van der Waals surface area contributed by atoms with E-state index in [2.05, 4.69) is 16.9 Å². The Morgan fingerprint density at radius 2 is 2.03 bits per heavy atom. The predicted molar refractivity (Wildman–Crippen MR) is 121 cm³/mol. The quantitative estimate of drug-likeness (QED) is 0.606. The second kappa shape index (κ2) is 8.07. The number of ether oxygens (including phenoxy) is 2. The number of aromatic nitrogens is 1. The maximum Gasteiger partial charge on any atom is 0.247 e. The molecule has 0 aliphatic carbocycles. The number of amides is 2. The third-order valence-electron chi connectivity index (χ3n) is 6.12. The highest BCUT2D eigenvalue weighted by molar-refractivity contribution is 5.95. The molecule has 2 N–H and O–H groups in total. The van der Waals surface area contributed by atoms with Crippen LogP contribution in [-0.4, -0.2) is 41.1 Å². The lowest BCUT2D eigenvalue weighted by atomic mass is 9.87. The van der Waals surface area contributed by atoms with Crippen molar-refractivity contribution in [3.63, 3.8) is 0 Å². The molecule has 0 spiro atoms. The minimum Gasteiger partial charge on any atom is -0.454 e. The SMILES string of the molecule is C=CC(=O)N1[C@@H](c2ccc3c(c2)OCO3)c2[nH]c3ccccc3c2C[C@H]1C(=O)NCCC. The number of carbonyl (C=O) groups excluding carboxylic acids is 2. The lowest BCUT2D eigenvalue weighted by Gasteiger charge is -2.41. The second-order valence-electron chi connectivity index (χ2n) is 8.04. The van der Waals surface area contributed by atoms with Gasteiger partial charge in [-0.15, -0.1) is 0 Å². The summed E-state index contributed by atoms with van der Waals surface area (Å²) in [5.41, 5.74) is 3.77. The molecule has 2 aliphatic rings. The van der Waals surface area contributed by atoms with Gasteiger partial charge < -0.3 is 24.7 Å². The van der Waals surface area contributed by atoms with Crippen LogP contribution in [0.1, 0.15) is 36.2 Å². The van der Waals surface area contributed by atoms with Crippen molar-refractivity contribution in [2.45, 2.75) is 31.8 Å². The van der Waals surface area contributed by atoms with Crippen LogP contribution in [-0.2, 0) is 16.0 Å². The molecule has 3 aromatic rings. The lowest BCUT2D eigenvalue weighted by Crippen LogP contribution is -2.54. The van der Waals surface area contributed by atoms with E-state index in [9.17, 15) is 9.59 Å². The molecule has 2 amide bonds. The summed E-state index contributed by atoms with van der Waals surface area (Å²) in [6.07, 6.45) is 2.51. The average molecular weight is 431 g/mol. The smallest absolute Gasteiger partial charge is 0.247 e. The summed E-state index contributed by atoms with van der Waals surface area (Å²) in [6, 6.07) is 12.5. The summed E-state index contributed by atoms with van der Waals surface area (Å²) in [4.78, 5) is 31.5. The van der Waals surface area contributed by atoms with Gasteiger partial charge in [0.1, 0.15) is 6.04 Å². The van der Waals surface area contributed by atoms with Gasteiger partial charge in [-0.25, -0.2) is 0 Å². The molecule has 0 saturated heterocycles. The maximum absolute atomic E-state index is 13.2. The first-order chi connectivity index (χ1) is 15.6. The fraction of sp³-hybridized carbons (Fsp3) is 0.280. The summed E-state index contributed by atoms with van der Waals surface area (Å²) in [7, 11) is 0. The highest BCUT2D eigenvalue weighted by Gasteiger charge is 2.43. The summed E-state index contributed by atoms with van der Waals surface area (Å²) in [5.74, 6) is 0.835. The molecular weight excluding hydrogens is 406 g/mol. The van der Waals surface area contributed by atoms with E-state index in [1.165, 1.54) is 6.08 Å². The Hall–Kier alpha value is -3.74. The van der Waals surface area contributed by atoms with Gasteiger partial charge in [-0.1, -0.05) is 37.8 Å². The Morgan fingerprint density at radius 3 is 2.84 bits per heavy atom. The van der Waals surface area contributed by atoms with E-state index in [0.717, 1.165) is 34.1 Å². The molecule has 7 nitrogen and oxygen atoms in total. The van der Waals surface area contributed by atoms with E-state index in [-0.39, 0.29) is 18.6 Å². The van der Waals surface area contributed by atoms with Crippen LogP contribution in [0.5, 0.6) is 11.5 Å². The zero-order valence-corrected chi connectivity index (χ0v) is 17.9. The molecule has 2 aromatic carbocycles. The monoisotopic (exact) mass is 431 g/mol. The van der Waals surface area contributed by atoms with Crippen LogP contribution in [0.4, 0.5) is 0 Å². The Balaban J connectivity index is 1.70. The molecule has 7 heteroatoms. The normalized spacial score (nSPS) is 19.0. The van der Waals surface area contributed by atoms with E-state index in [1.54, 1.807) is 4.90 Å². The lowest BCUT2D eigenvalue weighted by molar-refractivity contribution is -0.139. The number of hydrogen-bond donors (Lipinski definition) is 2. The molecule has 1 aromatic heterocycles. The molecule has 2 atom stereocenters. The third kappa shape index (κ3) is 3.21. The number of para-hydroxylation sites is 1. The van der Waals surface area contributed by atoms with Crippen molar-refractivity contribution in [3.8, 4) is 11.5 Å². The van der Waals surface area contributed by atoms with Gasteiger partial charge in [0.15, 0.2) is 11.5 Å². The summed E-state index contributed by atoms with van der Waals surface area (Å²) >= 11 is 0. The first kappa shape index (κ1) is 20.2. The second-order valence-corrected chi connectivity index (χ2v) is 8.04. The molecule has 0 saturated carbocycles. The molecule has 32 heavy (non-hydrogen) atoms. The van der Waals surface area contributed by atoms with Gasteiger partial charge in [0.05, 0.1) is 6.04 Å². The van der Waals surface area contributed by atoms with Gasteiger partial charge in [0, 0.05) is 29.6 Å². The number of carbonyl (C=O) groups is 2. The average Bonchev–Trinajstić information content (AvgIpc) is 3.44. The van der Waals surface area contributed by atoms with Crippen LogP contribution < -0.4 is 14.8 Å². The van der Waals surface area contributed by atoms with Gasteiger partial charge in [-0.2, -0.15) is 0 Å². The first-order valence-corrected chi connectivity index (χ1v) is 10.8. The number of hydrogen-bond acceptors (Lipinski definition) is 4.